The lowest BCUT2D eigenvalue weighted by atomic mass is 10.1. The van der Waals surface area contributed by atoms with E-state index in [1.54, 1.807) is 0 Å². The van der Waals surface area contributed by atoms with Crippen LogP contribution in [0.1, 0.15) is 34.2 Å². The van der Waals surface area contributed by atoms with Crippen LogP contribution in [0.15, 0.2) is 42.5 Å². The second-order valence-electron chi connectivity index (χ2n) is 5.94. The third kappa shape index (κ3) is 3.32. The molecule has 2 heteroatoms. The fraction of sp³-hybridized carbons (Fsp3) is 0.316. The lowest BCUT2D eigenvalue weighted by Gasteiger charge is -2.17. The van der Waals surface area contributed by atoms with Crippen LogP contribution in [0.4, 0.5) is 0 Å². The van der Waals surface area contributed by atoms with Crippen LogP contribution in [0.3, 0.4) is 0 Å². The molecule has 0 aromatic heterocycles. The topological polar surface area (TPSA) is 27.0 Å². The molecule has 0 spiro atoms. The van der Waals surface area contributed by atoms with Crippen molar-refractivity contribution in [3.8, 4) is 6.07 Å². The van der Waals surface area contributed by atoms with Crippen molar-refractivity contribution < 1.29 is 0 Å². The number of hydrogen-bond donors (Lipinski definition) is 0. The van der Waals surface area contributed by atoms with Crippen LogP contribution in [-0.2, 0) is 25.9 Å². The summed E-state index contributed by atoms with van der Waals surface area (Å²) in [4.78, 5) is 2.30. The molecule has 0 saturated carbocycles. The summed E-state index contributed by atoms with van der Waals surface area (Å²) >= 11 is 0. The highest BCUT2D eigenvalue weighted by Gasteiger charge is 2.11. The summed E-state index contributed by atoms with van der Waals surface area (Å²) in [5.74, 6) is 0. The van der Waals surface area contributed by atoms with E-state index in [2.05, 4.69) is 42.3 Å². The summed E-state index contributed by atoms with van der Waals surface area (Å²) in [6.45, 7) is 1.82. The molecule has 0 heterocycles. The number of rotatable bonds is 4. The largest absolute Gasteiger partial charge is 0.298 e. The van der Waals surface area contributed by atoms with E-state index >= 15 is 0 Å². The summed E-state index contributed by atoms with van der Waals surface area (Å²) in [7, 11) is 2.13. The molecule has 0 bridgehead atoms. The first kappa shape index (κ1) is 13.9. The van der Waals surface area contributed by atoms with Crippen molar-refractivity contribution in [1.29, 1.82) is 5.26 Å². The first-order chi connectivity index (χ1) is 10.2. The molecule has 2 aromatic carbocycles. The van der Waals surface area contributed by atoms with E-state index in [9.17, 15) is 0 Å². The average Bonchev–Trinajstić information content (AvgIpc) is 2.95. The van der Waals surface area contributed by atoms with E-state index in [1.807, 2.05) is 18.2 Å². The summed E-state index contributed by atoms with van der Waals surface area (Å²) in [6, 6.07) is 17.0. The third-order valence-electron chi connectivity index (χ3n) is 4.12. The van der Waals surface area contributed by atoms with Crippen molar-refractivity contribution in [2.75, 3.05) is 7.05 Å². The first-order valence-corrected chi connectivity index (χ1v) is 7.53. The third-order valence-corrected chi connectivity index (χ3v) is 4.12. The van der Waals surface area contributed by atoms with Crippen molar-refractivity contribution in [3.63, 3.8) is 0 Å². The van der Waals surface area contributed by atoms with E-state index in [-0.39, 0.29) is 0 Å². The molecule has 0 fully saturated rings. The van der Waals surface area contributed by atoms with Gasteiger partial charge in [-0.3, -0.25) is 4.90 Å². The number of fused-ring (bicyclic) bond motifs is 1. The zero-order valence-electron chi connectivity index (χ0n) is 12.5. The molecule has 0 amide bonds. The van der Waals surface area contributed by atoms with Crippen molar-refractivity contribution >= 4 is 0 Å². The van der Waals surface area contributed by atoms with Crippen LogP contribution in [0, 0.1) is 11.3 Å². The maximum atomic E-state index is 8.96. The number of nitriles is 1. The first-order valence-electron chi connectivity index (χ1n) is 7.53. The van der Waals surface area contributed by atoms with Gasteiger partial charge in [0.15, 0.2) is 0 Å². The molecular formula is C19H20N2. The molecule has 106 valence electrons. The fourth-order valence-corrected chi connectivity index (χ4v) is 3.14. The van der Waals surface area contributed by atoms with Gasteiger partial charge in [0.25, 0.3) is 0 Å². The average molecular weight is 276 g/mol. The molecule has 2 aromatic rings. The van der Waals surface area contributed by atoms with Crippen LogP contribution in [0.25, 0.3) is 0 Å². The maximum Gasteiger partial charge on any atom is 0.0991 e. The van der Waals surface area contributed by atoms with Gasteiger partial charge < -0.3 is 0 Å². The molecule has 0 saturated heterocycles. The zero-order valence-corrected chi connectivity index (χ0v) is 12.5. The van der Waals surface area contributed by atoms with Crippen molar-refractivity contribution in [3.05, 3.63) is 70.3 Å². The summed E-state index contributed by atoms with van der Waals surface area (Å²) in [6.07, 6.45) is 3.78. The van der Waals surface area contributed by atoms with Gasteiger partial charge in [-0.1, -0.05) is 30.3 Å². The smallest absolute Gasteiger partial charge is 0.0991 e. The Kier molecular flexibility index (Phi) is 4.03. The molecule has 1 aliphatic carbocycles. The van der Waals surface area contributed by atoms with Crippen LogP contribution >= 0.6 is 0 Å². The Balaban J connectivity index is 1.66. The Morgan fingerprint density at radius 1 is 1.00 bits per heavy atom. The second kappa shape index (κ2) is 6.11. The van der Waals surface area contributed by atoms with E-state index in [4.69, 9.17) is 5.26 Å². The van der Waals surface area contributed by atoms with Gasteiger partial charge in [0.05, 0.1) is 11.6 Å². The number of benzene rings is 2. The molecule has 3 rings (SSSR count). The fourth-order valence-electron chi connectivity index (χ4n) is 3.14. The molecule has 0 radical (unpaired) electrons. The Morgan fingerprint density at radius 2 is 1.76 bits per heavy atom. The monoisotopic (exact) mass is 276 g/mol. The van der Waals surface area contributed by atoms with Gasteiger partial charge in [-0.25, -0.2) is 0 Å². The van der Waals surface area contributed by atoms with Crippen LogP contribution in [-0.4, -0.2) is 11.9 Å². The van der Waals surface area contributed by atoms with Gasteiger partial charge >= 0.3 is 0 Å². The Hall–Kier alpha value is -2.11. The minimum atomic E-state index is 0.735. The van der Waals surface area contributed by atoms with Crippen LogP contribution < -0.4 is 0 Å². The molecule has 2 nitrogen and oxygen atoms in total. The highest BCUT2D eigenvalue weighted by atomic mass is 15.1. The van der Waals surface area contributed by atoms with E-state index in [1.165, 1.54) is 41.5 Å². The summed E-state index contributed by atoms with van der Waals surface area (Å²) < 4.78 is 0. The number of hydrogen-bond acceptors (Lipinski definition) is 2. The molecule has 21 heavy (non-hydrogen) atoms. The van der Waals surface area contributed by atoms with Gasteiger partial charge in [0.1, 0.15) is 0 Å². The zero-order chi connectivity index (χ0) is 14.7. The highest BCUT2D eigenvalue weighted by Crippen LogP contribution is 2.23. The maximum absolute atomic E-state index is 8.96. The predicted octanol–water partition coefficient (Wildman–Crippen LogP) is 3.68. The summed E-state index contributed by atoms with van der Waals surface area (Å²) in [5, 5.41) is 8.96. The van der Waals surface area contributed by atoms with Crippen LogP contribution in [0.2, 0.25) is 0 Å². The molecule has 0 atom stereocenters. The van der Waals surface area contributed by atoms with E-state index in [0.717, 1.165) is 18.7 Å². The van der Waals surface area contributed by atoms with Crippen LogP contribution in [0.5, 0.6) is 0 Å². The van der Waals surface area contributed by atoms with E-state index in [0.29, 0.717) is 0 Å². The second-order valence-corrected chi connectivity index (χ2v) is 5.94. The normalized spacial score (nSPS) is 13.2. The molecular weight excluding hydrogens is 256 g/mol. The molecule has 0 N–H and O–H groups in total. The van der Waals surface area contributed by atoms with Crippen molar-refractivity contribution in [2.45, 2.75) is 32.4 Å². The van der Waals surface area contributed by atoms with Gasteiger partial charge in [0.2, 0.25) is 0 Å². The van der Waals surface area contributed by atoms with Gasteiger partial charge in [-0.15, -0.1) is 0 Å². The number of aryl methyl sites for hydroxylation is 2. The lowest BCUT2D eigenvalue weighted by molar-refractivity contribution is 0.319. The molecule has 0 unspecified atom stereocenters. The van der Waals surface area contributed by atoms with Gasteiger partial charge in [-0.2, -0.15) is 5.26 Å². The molecule has 0 aliphatic heterocycles. The molecule has 1 aliphatic rings. The highest BCUT2D eigenvalue weighted by molar-refractivity contribution is 5.35. The SMILES string of the molecule is CN(Cc1cccc(C#N)c1)Cc1ccc2c(c1)CCC2. The van der Waals surface area contributed by atoms with Crippen molar-refractivity contribution in [1.82, 2.24) is 4.90 Å². The Bertz CT molecular complexity index is 682. The summed E-state index contributed by atoms with van der Waals surface area (Å²) in [5.41, 5.74) is 6.38. The van der Waals surface area contributed by atoms with Crippen molar-refractivity contribution in [2.24, 2.45) is 0 Å². The number of nitrogens with zero attached hydrogens (tertiary/aromatic N) is 2. The standard InChI is InChI=1S/C19H20N2/c1-21(13-16-5-2-4-15(10-16)12-20)14-17-8-9-18-6-3-7-19(18)11-17/h2,4-5,8-11H,3,6-7,13-14H2,1H3. The van der Waals surface area contributed by atoms with E-state index < -0.39 is 0 Å². The minimum Gasteiger partial charge on any atom is -0.298 e. The quantitative estimate of drug-likeness (QED) is 0.851. The van der Waals surface area contributed by atoms with Gasteiger partial charge in [0, 0.05) is 13.1 Å². The minimum absolute atomic E-state index is 0.735. The Morgan fingerprint density at radius 3 is 2.57 bits per heavy atom. The Labute approximate surface area is 126 Å². The van der Waals surface area contributed by atoms with Gasteiger partial charge in [-0.05, 0) is 60.7 Å². The lowest BCUT2D eigenvalue weighted by Crippen LogP contribution is -2.17. The predicted molar refractivity (Wildman–Crippen MR) is 84.8 cm³/mol.